The van der Waals surface area contributed by atoms with Crippen LogP contribution in [0.1, 0.15) is 32.8 Å². The van der Waals surface area contributed by atoms with Gasteiger partial charge in [-0.25, -0.2) is 0 Å². The van der Waals surface area contributed by atoms with Gasteiger partial charge in [-0.05, 0) is 64.0 Å². The summed E-state index contributed by atoms with van der Waals surface area (Å²) >= 11 is 9.65. The Labute approximate surface area is 170 Å². The lowest BCUT2D eigenvalue weighted by Crippen LogP contribution is -2.17. The van der Waals surface area contributed by atoms with Crippen molar-refractivity contribution in [2.45, 2.75) is 40.2 Å². The molecule has 0 saturated carbocycles. The molecule has 4 nitrogen and oxygen atoms in total. The maximum Gasteiger partial charge on any atom is 0.323 e. The van der Waals surface area contributed by atoms with Gasteiger partial charge in [0.2, 0.25) is 0 Å². The van der Waals surface area contributed by atoms with E-state index in [4.69, 9.17) is 11.6 Å². The SMILES string of the molecule is CC(C)(C)CCc1ccc2c(=O)c3ccc(Cl)c(Br)c3n(CC(=O)O)c2c1. The molecule has 0 spiro atoms. The van der Waals surface area contributed by atoms with Gasteiger partial charge in [0.15, 0.2) is 5.43 Å². The first-order valence-corrected chi connectivity index (χ1v) is 9.90. The molecule has 6 heteroatoms. The highest BCUT2D eigenvalue weighted by atomic mass is 79.9. The molecular weight excluding hydrogens is 430 g/mol. The summed E-state index contributed by atoms with van der Waals surface area (Å²) in [6.45, 7) is 6.29. The molecule has 1 aromatic heterocycles. The Balaban J connectivity index is 2.34. The average molecular weight is 451 g/mol. The van der Waals surface area contributed by atoms with Gasteiger partial charge in [-0.2, -0.15) is 0 Å². The maximum absolute atomic E-state index is 13.0. The number of rotatable bonds is 4. The molecule has 0 bridgehead atoms. The predicted molar refractivity (Wildman–Crippen MR) is 114 cm³/mol. The van der Waals surface area contributed by atoms with Crippen LogP contribution in [0.3, 0.4) is 0 Å². The van der Waals surface area contributed by atoms with Gasteiger partial charge in [0.25, 0.3) is 0 Å². The third kappa shape index (κ3) is 4.04. The molecule has 0 amide bonds. The Kier molecular flexibility index (Phi) is 5.37. The lowest BCUT2D eigenvalue weighted by Gasteiger charge is -2.19. The number of aliphatic carboxylic acids is 1. The Morgan fingerprint density at radius 2 is 1.85 bits per heavy atom. The maximum atomic E-state index is 13.0. The van der Waals surface area contributed by atoms with Crippen molar-refractivity contribution >= 4 is 55.3 Å². The molecule has 0 aliphatic heterocycles. The summed E-state index contributed by atoms with van der Waals surface area (Å²) in [4.78, 5) is 24.5. The van der Waals surface area contributed by atoms with Crippen molar-refractivity contribution in [1.29, 1.82) is 0 Å². The Hall–Kier alpha value is -1.85. The highest BCUT2D eigenvalue weighted by Crippen LogP contribution is 2.32. The molecule has 2 aromatic carbocycles. The van der Waals surface area contributed by atoms with Gasteiger partial charge in [0, 0.05) is 10.8 Å². The molecule has 0 saturated heterocycles. The number of benzene rings is 2. The largest absolute Gasteiger partial charge is 0.480 e. The number of fused-ring (bicyclic) bond motifs is 2. The van der Waals surface area contributed by atoms with E-state index < -0.39 is 5.97 Å². The van der Waals surface area contributed by atoms with E-state index in [1.807, 2.05) is 12.1 Å². The second-order valence-corrected chi connectivity index (χ2v) is 9.18. The van der Waals surface area contributed by atoms with Gasteiger partial charge < -0.3 is 9.67 Å². The van der Waals surface area contributed by atoms with Crippen LogP contribution in [0.15, 0.2) is 39.6 Å². The first-order chi connectivity index (χ1) is 12.6. The molecule has 0 atom stereocenters. The highest BCUT2D eigenvalue weighted by Gasteiger charge is 2.18. The first-order valence-electron chi connectivity index (χ1n) is 8.73. The zero-order chi connectivity index (χ0) is 19.9. The van der Waals surface area contributed by atoms with Gasteiger partial charge in [-0.1, -0.05) is 38.4 Å². The third-order valence-corrected chi connectivity index (χ3v) is 5.98. The monoisotopic (exact) mass is 449 g/mol. The molecule has 0 aliphatic carbocycles. The molecular formula is C21H21BrClNO3. The predicted octanol–water partition coefficient (Wildman–Crippen LogP) is 5.63. The van der Waals surface area contributed by atoms with E-state index in [0.717, 1.165) is 18.4 Å². The summed E-state index contributed by atoms with van der Waals surface area (Å²) in [5.41, 5.74) is 2.27. The van der Waals surface area contributed by atoms with Crippen LogP contribution in [0.5, 0.6) is 0 Å². The Morgan fingerprint density at radius 1 is 1.19 bits per heavy atom. The number of aryl methyl sites for hydroxylation is 1. The van der Waals surface area contributed by atoms with E-state index >= 15 is 0 Å². The van der Waals surface area contributed by atoms with Crippen molar-refractivity contribution in [2.75, 3.05) is 0 Å². The minimum atomic E-state index is -0.979. The summed E-state index contributed by atoms with van der Waals surface area (Å²) in [5.74, 6) is -0.979. The molecule has 3 rings (SSSR count). The van der Waals surface area contributed by atoms with Crippen LogP contribution in [-0.2, 0) is 17.8 Å². The molecule has 1 N–H and O–H groups in total. The zero-order valence-electron chi connectivity index (χ0n) is 15.5. The minimum absolute atomic E-state index is 0.124. The smallest absolute Gasteiger partial charge is 0.323 e. The van der Waals surface area contributed by atoms with Crippen LogP contribution in [-0.4, -0.2) is 15.6 Å². The lowest BCUT2D eigenvalue weighted by atomic mass is 9.88. The molecule has 142 valence electrons. The first kappa shape index (κ1) is 19.9. The summed E-state index contributed by atoms with van der Waals surface area (Å²) in [7, 11) is 0. The summed E-state index contributed by atoms with van der Waals surface area (Å²) in [5, 5.41) is 10.8. The molecule has 0 aliphatic rings. The number of pyridine rings is 1. The van der Waals surface area contributed by atoms with E-state index in [-0.39, 0.29) is 17.4 Å². The molecule has 0 radical (unpaired) electrons. The van der Waals surface area contributed by atoms with Crippen LogP contribution in [0, 0.1) is 5.41 Å². The molecule has 1 heterocycles. The average Bonchev–Trinajstić information content (AvgIpc) is 2.58. The summed E-state index contributed by atoms with van der Waals surface area (Å²) in [6.07, 6.45) is 1.85. The number of carboxylic acids is 1. The third-order valence-electron chi connectivity index (χ3n) is 4.64. The Bertz CT molecular complexity index is 1110. The van der Waals surface area contributed by atoms with E-state index in [1.54, 1.807) is 22.8 Å². The van der Waals surface area contributed by atoms with E-state index in [9.17, 15) is 14.7 Å². The van der Waals surface area contributed by atoms with Gasteiger partial charge in [0.1, 0.15) is 6.54 Å². The van der Waals surface area contributed by atoms with E-state index in [1.165, 1.54) is 0 Å². The molecule has 27 heavy (non-hydrogen) atoms. The fraction of sp³-hybridized carbons (Fsp3) is 0.333. The normalized spacial score (nSPS) is 12.0. The molecule has 0 fully saturated rings. The number of carbonyl (C=O) groups is 1. The number of carboxylic acid groups (broad SMARTS) is 1. The lowest BCUT2D eigenvalue weighted by molar-refractivity contribution is -0.137. The van der Waals surface area contributed by atoms with Crippen molar-refractivity contribution in [2.24, 2.45) is 5.41 Å². The van der Waals surface area contributed by atoms with Crippen LogP contribution < -0.4 is 5.43 Å². The molecule has 0 unspecified atom stereocenters. The van der Waals surface area contributed by atoms with Crippen LogP contribution >= 0.6 is 27.5 Å². The quantitative estimate of drug-likeness (QED) is 0.524. The Morgan fingerprint density at radius 3 is 2.48 bits per heavy atom. The van der Waals surface area contributed by atoms with Gasteiger partial charge in [-0.3, -0.25) is 9.59 Å². The zero-order valence-corrected chi connectivity index (χ0v) is 17.8. The highest BCUT2D eigenvalue weighted by molar-refractivity contribution is 9.10. The topological polar surface area (TPSA) is 59.3 Å². The van der Waals surface area contributed by atoms with Gasteiger partial charge >= 0.3 is 5.97 Å². The number of hydrogen-bond acceptors (Lipinski definition) is 2. The summed E-state index contributed by atoms with van der Waals surface area (Å²) < 4.78 is 2.19. The van der Waals surface area contributed by atoms with Crippen LogP contribution in [0.4, 0.5) is 0 Å². The van der Waals surface area contributed by atoms with Gasteiger partial charge in [0.05, 0.1) is 20.5 Å². The fourth-order valence-electron chi connectivity index (χ4n) is 3.22. The van der Waals surface area contributed by atoms with Crippen LogP contribution in [0.2, 0.25) is 5.02 Å². The van der Waals surface area contributed by atoms with Crippen molar-refractivity contribution in [3.8, 4) is 0 Å². The number of aromatic nitrogens is 1. The van der Waals surface area contributed by atoms with E-state index in [0.29, 0.717) is 31.3 Å². The van der Waals surface area contributed by atoms with Crippen molar-refractivity contribution in [1.82, 2.24) is 4.57 Å². The number of halogens is 2. The minimum Gasteiger partial charge on any atom is -0.480 e. The molecule has 3 aromatic rings. The standard InChI is InChI=1S/C21H21BrClNO3/c1-21(2,3)9-8-12-4-5-13-16(10-12)24(11-17(25)26)19-14(20(13)27)6-7-15(23)18(19)22/h4-7,10H,8-9,11H2,1-3H3,(H,25,26). The summed E-state index contributed by atoms with van der Waals surface area (Å²) in [6, 6.07) is 8.98. The number of hydrogen-bond donors (Lipinski definition) is 1. The fourth-order valence-corrected chi connectivity index (χ4v) is 3.93. The van der Waals surface area contributed by atoms with Crippen LogP contribution in [0.25, 0.3) is 21.8 Å². The second kappa shape index (κ2) is 7.28. The van der Waals surface area contributed by atoms with Gasteiger partial charge in [-0.15, -0.1) is 0 Å². The van der Waals surface area contributed by atoms with E-state index in [2.05, 4.69) is 36.7 Å². The number of nitrogens with zero attached hydrogens (tertiary/aromatic N) is 1. The van der Waals surface area contributed by atoms with Crippen molar-refractivity contribution < 1.29 is 9.90 Å². The van der Waals surface area contributed by atoms with Crippen molar-refractivity contribution in [3.05, 3.63) is 55.6 Å². The second-order valence-electron chi connectivity index (χ2n) is 7.98. The van der Waals surface area contributed by atoms with Crippen molar-refractivity contribution in [3.63, 3.8) is 0 Å².